The third kappa shape index (κ3) is 3.72. The topological polar surface area (TPSA) is 40.1 Å². The van der Waals surface area contributed by atoms with Crippen LogP contribution in [0, 0.1) is 0 Å². The van der Waals surface area contributed by atoms with E-state index in [1.165, 1.54) is 0 Å². The van der Waals surface area contributed by atoms with Crippen LogP contribution in [0.4, 0.5) is 30.7 Å². The van der Waals surface area contributed by atoms with E-state index >= 15 is 0 Å². The third-order valence-corrected chi connectivity index (χ3v) is 3.33. The molecule has 0 unspecified atom stereocenters. The minimum Gasteiger partial charge on any atom is -0.872 e. The van der Waals surface area contributed by atoms with E-state index in [2.05, 4.69) is 0 Å². The van der Waals surface area contributed by atoms with Crippen LogP contribution in [0.2, 0.25) is 10.0 Å². The maximum atomic E-state index is 13.4. The lowest BCUT2D eigenvalue weighted by Crippen LogP contribution is -2.58. The number of halogens is 9. The Morgan fingerprint density at radius 2 is 1.43 bits per heavy atom. The summed E-state index contributed by atoms with van der Waals surface area (Å²) in [4.78, 5) is 11.1. The van der Waals surface area contributed by atoms with Gasteiger partial charge in [0.05, 0.1) is 10.0 Å². The quantitative estimate of drug-likeness (QED) is 0.448. The number of allylic oxidation sites excluding steroid dienone is 1. The highest BCUT2D eigenvalue weighted by Gasteiger charge is 2.76. The number of carbonyl (C=O) groups is 1. The Hall–Kier alpha value is -1.48. The van der Waals surface area contributed by atoms with Crippen molar-refractivity contribution >= 4 is 34.7 Å². The molecule has 0 N–H and O–H groups in total. The lowest BCUT2D eigenvalue weighted by atomic mass is 9.97. The zero-order valence-electron chi connectivity index (χ0n) is 10.5. The van der Waals surface area contributed by atoms with Crippen molar-refractivity contribution in [3.63, 3.8) is 0 Å². The van der Waals surface area contributed by atoms with Crippen LogP contribution in [0.25, 0.3) is 5.76 Å². The van der Waals surface area contributed by atoms with Gasteiger partial charge < -0.3 is 5.11 Å². The summed E-state index contributed by atoms with van der Waals surface area (Å²) in [5, 5.41) is 11.2. The molecule has 0 radical (unpaired) electrons. The molecule has 0 atom stereocenters. The van der Waals surface area contributed by atoms with Gasteiger partial charge in [-0.05, 0) is 23.8 Å². The molecule has 0 saturated carbocycles. The van der Waals surface area contributed by atoms with Crippen molar-refractivity contribution in [1.82, 2.24) is 0 Å². The second-order valence-corrected chi connectivity index (χ2v) is 4.97. The summed E-state index contributed by atoms with van der Waals surface area (Å²) >= 11 is 11.0. The summed E-state index contributed by atoms with van der Waals surface area (Å²) in [6.07, 6.45) is -13.8. The summed E-state index contributed by atoms with van der Waals surface area (Å²) in [5.41, 5.74) is -6.73. The van der Waals surface area contributed by atoms with Crippen LogP contribution in [-0.4, -0.2) is 23.8 Å². The van der Waals surface area contributed by atoms with Crippen molar-refractivity contribution in [3.8, 4) is 0 Å². The number of ketones is 1. The zero-order valence-corrected chi connectivity index (χ0v) is 12.0. The Morgan fingerprint density at radius 3 is 1.83 bits per heavy atom. The van der Waals surface area contributed by atoms with Crippen LogP contribution in [0.3, 0.4) is 0 Å². The number of benzene rings is 1. The summed E-state index contributed by atoms with van der Waals surface area (Å²) in [6.45, 7) is 0. The first-order valence-electron chi connectivity index (χ1n) is 5.42. The van der Waals surface area contributed by atoms with E-state index in [-0.39, 0.29) is 10.0 Å². The molecule has 0 bridgehead atoms. The van der Waals surface area contributed by atoms with E-state index < -0.39 is 41.2 Å². The van der Waals surface area contributed by atoms with Gasteiger partial charge >= 0.3 is 18.0 Å². The van der Waals surface area contributed by atoms with Gasteiger partial charge in [0, 0.05) is 0 Å². The van der Waals surface area contributed by atoms with Crippen LogP contribution in [0.1, 0.15) is 5.56 Å². The summed E-state index contributed by atoms with van der Waals surface area (Å²) in [6, 6.07) is 2.71. The molecule has 0 amide bonds. The smallest absolute Gasteiger partial charge is 0.439 e. The Morgan fingerprint density at radius 1 is 0.957 bits per heavy atom. The van der Waals surface area contributed by atoms with Gasteiger partial charge in [0.2, 0.25) is 5.78 Å². The van der Waals surface area contributed by atoms with Crippen molar-refractivity contribution in [2.24, 2.45) is 0 Å². The van der Waals surface area contributed by atoms with Gasteiger partial charge in [-0.3, -0.25) is 4.79 Å². The molecular weight excluding hydrogens is 380 g/mol. The second-order valence-electron chi connectivity index (χ2n) is 4.16. The summed E-state index contributed by atoms with van der Waals surface area (Å²) in [5.74, 6) is -4.68. The lowest BCUT2D eigenvalue weighted by Gasteiger charge is -2.28. The highest BCUT2D eigenvalue weighted by atomic mass is 35.5. The predicted octanol–water partition coefficient (Wildman–Crippen LogP) is 4.10. The monoisotopic (exact) mass is 383 g/mol. The molecule has 0 saturated heterocycles. The molecule has 0 aliphatic heterocycles. The molecule has 128 valence electrons. The van der Waals surface area contributed by atoms with Gasteiger partial charge in [0.25, 0.3) is 0 Å². The summed E-state index contributed by atoms with van der Waals surface area (Å²) in [7, 11) is 0. The van der Waals surface area contributed by atoms with Gasteiger partial charge in [-0.1, -0.05) is 35.0 Å². The van der Waals surface area contributed by atoms with Crippen molar-refractivity contribution in [1.29, 1.82) is 0 Å². The number of hydrogen-bond donors (Lipinski definition) is 0. The summed E-state index contributed by atoms with van der Waals surface area (Å²) < 4.78 is 87.4. The van der Waals surface area contributed by atoms with Gasteiger partial charge in [0.15, 0.2) is 0 Å². The van der Waals surface area contributed by atoms with E-state index in [4.69, 9.17) is 23.2 Å². The van der Waals surface area contributed by atoms with Gasteiger partial charge in [-0.15, -0.1) is 0 Å². The number of alkyl halides is 7. The van der Waals surface area contributed by atoms with Gasteiger partial charge in [0.1, 0.15) is 0 Å². The first kappa shape index (κ1) is 19.6. The van der Waals surface area contributed by atoms with E-state index in [0.717, 1.165) is 18.2 Å². The van der Waals surface area contributed by atoms with Crippen LogP contribution in [0.15, 0.2) is 24.3 Å². The maximum Gasteiger partial charge on any atom is 0.439 e. The first-order chi connectivity index (χ1) is 10.2. The van der Waals surface area contributed by atoms with E-state index in [1.54, 1.807) is 0 Å². The average Bonchev–Trinajstić information content (AvgIpc) is 2.37. The molecule has 1 aromatic carbocycles. The van der Waals surface area contributed by atoms with Crippen molar-refractivity contribution in [3.05, 3.63) is 39.9 Å². The molecule has 0 spiro atoms. The molecule has 0 aliphatic carbocycles. The standard InChI is InChI=1S/C12H5Cl2F7O2/c13-6-2-1-5(3-7(6)14)8(22)4-9(23)10(15,11(16,17)18)12(19,20)21/h1-4,22H/p-1/b8-4-. The number of rotatable bonds is 3. The van der Waals surface area contributed by atoms with Crippen molar-refractivity contribution in [2.75, 3.05) is 0 Å². The fraction of sp³-hybridized carbons (Fsp3) is 0.250. The Bertz CT molecular complexity index is 636. The molecular formula is C12H4Cl2F7O2-. The third-order valence-electron chi connectivity index (χ3n) is 2.59. The molecule has 0 aliphatic rings. The average molecular weight is 384 g/mol. The lowest BCUT2D eigenvalue weighted by molar-refractivity contribution is -0.323. The van der Waals surface area contributed by atoms with Crippen LogP contribution in [-0.2, 0) is 4.79 Å². The fourth-order valence-electron chi connectivity index (χ4n) is 1.39. The van der Waals surface area contributed by atoms with Crippen molar-refractivity contribution in [2.45, 2.75) is 18.0 Å². The Labute approximate surface area is 134 Å². The highest BCUT2D eigenvalue weighted by Crippen LogP contribution is 2.47. The normalized spacial score (nSPS) is 14.0. The van der Waals surface area contributed by atoms with Crippen LogP contribution in [0.5, 0.6) is 0 Å². The first-order valence-corrected chi connectivity index (χ1v) is 6.18. The van der Waals surface area contributed by atoms with Crippen LogP contribution < -0.4 is 5.11 Å². The molecule has 23 heavy (non-hydrogen) atoms. The molecule has 0 heterocycles. The predicted molar refractivity (Wildman–Crippen MR) is 65.4 cm³/mol. The minimum atomic E-state index is -6.59. The van der Waals surface area contributed by atoms with Gasteiger partial charge in [-0.25, -0.2) is 4.39 Å². The molecule has 1 rings (SSSR count). The zero-order chi connectivity index (χ0) is 18.2. The van der Waals surface area contributed by atoms with Crippen molar-refractivity contribution < 1.29 is 40.6 Å². The van der Waals surface area contributed by atoms with E-state index in [1.807, 2.05) is 0 Å². The Balaban J connectivity index is 3.33. The largest absolute Gasteiger partial charge is 0.872 e. The van der Waals surface area contributed by atoms with E-state index in [0.29, 0.717) is 0 Å². The maximum absolute atomic E-state index is 13.4. The molecule has 1 aromatic rings. The minimum absolute atomic E-state index is 0.0556. The fourth-order valence-corrected chi connectivity index (χ4v) is 1.69. The highest BCUT2D eigenvalue weighted by molar-refractivity contribution is 6.42. The molecule has 2 nitrogen and oxygen atoms in total. The molecule has 0 aromatic heterocycles. The number of carbonyl (C=O) groups excluding carboxylic acids is 1. The van der Waals surface area contributed by atoms with Crippen LogP contribution >= 0.6 is 23.2 Å². The second kappa shape index (κ2) is 6.20. The number of hydrogen-bond acceptors (Lipinski definition) is 2. The van der Waals surface area contributed by atoms with E-state index in [9.17, 15) is 40.6 Å². The Kier molecular flexibility index (Phi) is 5.27. The molecule has 0 fully saturated rings. The molecule has 11 heteroatoms. The SMILES string of the molecule is O=C(/C=C(\[O-])c1ccc(Cl)c(Cl)c1)C(F)(C(F)(F)F)C(F)(F)F. The van der Waals surface area contributed by atoms with Gasteiger partial charge in [-0.2, -0.15) is 26.3 Å².